The number of methoxy groups -OCH3 is 1. The van der Waals surface area contributed by atoms with Crippen molar-refractivity contribution in [3.05, 3.63) is 66.2 Å². The molecule has 1 heterocycles. The molecule has 0 atom stereocenters. The van der Waals surface area contributed by atoms with Crippen LogP contribution in [0.2, 0.25) is 0 Å². The average molecular weight is 425 g/mol. The van der Waals surface area contributed by atoms with E-state index in [9.17, 15) is 9.59 Å². The number of nitrogens with zero attached hydrogens (tertiary/aromatic N) is 3. The quantitative estimate of drug-likeness (QED) is 0.540. The largest absolute Gasteiger partial charge is 0.383 e. The highest BCUT2D eigenvalue weighted by atomic mass is 32.1. The molecule has 2 aromatic carbocycles. The van der Waals surface area contributed by atoms with Crippen molar-refractivity contribution in [3.63, 3.8) is 0 Å². The molecule has 3 aromatic rings. The van der Waals surface area contributed by atoms with Crippen LogP contribution in [0.1, 0.15) is 12.0 Å². The van der Waals surface area contributed by atoms with Gasteiger partial charge in [-0.15, -0.1) is 10.2 Å². The number of anilines is 1. The standard InChI is InChI=1S/C22H24N4O3S/c1-29-15-14-26(20(28)16-17-8-4-2-5-9-17)13-12-19(27)23-22-25-24-21(30-22)18-10-6-3-7-11-18/h2-11H,12-16H2,1H3,(H,23,25,27). The second kappa shape index (κ2) is 11.2. The maximum absolute atomic E-state index is 12.7. The van der Waals surface area contributed by atoms with E-state index in [0.717, 1.165) is 16.1 Å². The number of hydrogen-bond donors (Lipinski definition) is 1. The van der Waals surface area contributed by atoms with Crippen LogP contribution >= 0.6 is 11.3 Å². The zero-order chi connectivity index (χ0) is 21.2. The number of hydrogen-bond acceptors (Lipinski definition) is 6. The summed E-state index contributed by atoms with van der Waals surface area (Å²) in [4.78, 5) is 26.7. The van der Waals surface area contributed by atoms with Gasteiger partial charge in [0, 0.05) is 32.2 Å². The zero-order valence-electron chi connectivity index (χ0n) is 16.8. The molecule has 156 valence electrons. The van der Waals surface area contributed by atoms with E-state index < -0.39 is 0 Å². The fraction of sp³-hybridized carbons (Fsp3) is 0.273. The predicted molar refractivity (Wildman–Crippen MR) is 117 cm³/mol. The van der Waals surface area contributed by atoms with Crippen molar-refractivity contribution in [3.8, 4) is 10.6 Å². The number of rotatable bonds is 10. The summed E-state index contributed by atoms with van der Waals surface area (Å²) in [6.07, 6.45) is 0.466. The lowest BCUT2D eigenvalue weighted by molar-refractivity contribution is -0.131. The molecule has 1 aromatic heterocycles. The van der Waals surface area contributed by atoms with E-state index >= 15 is 0 Å². The zero-order valence-corrected chi connectivity index (χ0v) is 17.6. The van der Waals surface area contributed by atoms with Crippen molar-refractivity contribution in [2.75, 3.05) is 32.1 Å². The summed E-state index contributed by atoms with van der Waals surface area (Å²) in [7, 11) is 1.59. The molecule has 0 radical (unpaired) electrons. The van der Waals surface area contributed by atoms with E-state index in [1.165, 1.54) is 11.3 Å². The minimum Gasteiger partial charge on any atom is -0.383 e. The van der Waals surface area contributed by atoms with Crippen LogP contribution in [0.5, 0.6) is 0 Å². The van der Waals surface area contributed by atoms with E-state index in [2.05, 4.69) is 15.5 Å². The van der Waals surface area contributed by atoms with E-state index in [1.807, 2.05) is 60.7 Å². The number of carbonyl (C=O) groups excluding carboxylic acids is 2. The molecule has 7 nitrogen and oxygen atoms in total. The molecule has 0 fully saturated rings. The van der Waals surface area contributed by atoms with Crippen molar-refractivity contribution in [2.24, 2.45) is 0 Å². The molecule has 0 unspecified atom stereocenters. The smallest absolute Gasteiger partial charge is 0.227 e. The van der Waals surface area contributed by atoms with Gasteiger partial charge in [0.2, 0.25) is 16.9 Å². The SMILES string of the molecule is COCCN(CCC(=O)Nc1nnc(-c2ccccc2)s1)C(=O)Cc1ccccc1. The maximum Gasteiger partial charge on any atom is 0.227 e. The summed E-state index contributed by atoms with van der Waals surface area (Å²) >= 11 is 1.32. The third-order valence-corrected chi connectivity index (χ3v) is 5.30. The molecule has 2 amide bonds. The van der Waals surface area contributed by atoms with Crippen LogP contribution in [0.4, 0.5) is 5.13 Å². The van der Waals surface area contributed by atoms with Crippen LogP contribution in [0, 0.1) is 0 Å². The van der Waals surface area contributed by atoms with E-state index in [-0.39, 0.29) is 18.2 Å². The third kappa shape index (κ3) is 6.47. The molecule has 0 aliphatic carbocycles. The van der Waals surface area contributed by atoms with Crippen LogP contribution < -0.4 is 5.32 Å². The lowest BCUT2D eigenvalue weighted by atomic mass is 10.1. The molecule has 1 N–H and O–H groups in total. The minimum absolute atomic E-state index is 0.0340. The van der Waals surface area contributed by atoms with Gasteiger partial charge in [0.25, 0.3) is 0 Å². The van der Waals surface area contributed by atoms with Gasteiger partial charge >= 0.3 is 0 Å². The molecular formula is C22H24N4O3S. The Balaban J connectivity index is 1.53. The molecule has 0 saturated carbocycles. The van der Waals surface area contributed by atoms with E-state index in [4.69, 9.17) is 4.74 Å². The Hall–Kier alpha value is -3.10. The highest BCUT2D eigenvalue weighted by Gasteiger charge is 2.16. The number of nitrogens with one attached hydrogen (secondary N) is 1. The maximum atomic E-state index is 12.7. The summed E-state index contributed by atoms with van der Waals surface area (Å²) in [5.41, 5.74) is 1.89. The molecule has 0 bridgehead atoms. The normalized spacial score (nSPS) is 10.6. The molecule has 8 heteroatoms. The first-order valence-electron chi connectivity index (χ1n) is 9.65. The van der Waals surface area contributed by atoms with Gasteiger partial charge in [-0.3, -0.25) is 9.59 Å². The summed E-state index contributed by atoms with van der Waals surface area (Å²) in [5, 5.41) is 12.1. The Morgan fingerprint density at radius 2 is 1.70 bits per heavy atom. The van der Waals surface area contributed by atoms with Crippen LogP contribution in [-0.4, -0.2) is 53.7 Å². The Morgan fingerprint density at radius 3 is 2.40 bits per heavy atom. The second-order valence-electron chi connectivity index (χ2n) is 6.61. The van der Waals surface area contributed by atoms with Gasteiger partial charge in [0.1, 0.15) is 5.01 Å². The molecule has 30 heavy (non-hydrogen) atoms. The van der Waals surface area contributed by atoms with Crippen LogP contribution in [0.3, 0.4) is 0 Å². The molecule has 0 aliphatic heterocycles. The lowest BCUT2D eigenvalue weighted by Gasteiger charge is -2.22. The van der Waals surface area contributed by atoms with Gasteiger partial charge in [-0.1, -0.05) is 72.0 Å². The first-order chi connectivity index (χ1) is 14.7. The van der Waals surface area contributed by atoms with E-state index in [0.29, 0.717) is 31.2 Å². The Kier molecular flexibility index (Phi) is 8.05. The van der Waals surface area contributed by atoms with Crippen LogP contribution in [0.25, 0.3) is 10.6 Å². The highest BCUT2D eigenvalue weighted by Crippen LogP contribution is 2.25. The van der Waals surface area contributed by atoms with Crippen molar-refractivity contribution in [1.82, 2.24) is 15.1 Å². The number of carbonyl (C=O) groups is 2. The third-order valence-electron chi connectivity index (χ3n) is 4.42. The second-order valence-corrected chi connectivity index (χ2v) is 7.59. The predicted octanol–water partition coefficient (Wildman–Crippen LogP) is 3.25. The van der Waals surface area contributed by atoms with Gasteiger partial charge in [0.15, 0.2) is 0 Å². The Morgan fingerprint density at radius 1 is 1.00 bits per heavy atom. The number of amides is 2. The van der Waals surface area contributed by atoms with Crippen molar-refractivity contribution in [2.45, 2.75) is 12.8 Å². The summed E-state index contributed by atoms with van der Waals surface area (Å²) < 4.78 is 5.11. The van der Waals surface area contributed by atoms with Crippen molar-refractivity contribution < 1.29 is 14.3 Å². The molecule has 0 aliphatic rings. The number of ether oxygens (including phenoxy) is 1. The number of aromatic nitrogens is 2. The monoisotopic (exact) mass is 424 g/mol. The van der Waals surface area contributed by atoms with Crippen LogP contribution in [-0.2, 0) is 20.7 Å². The van der Waals surface area contributed by atoms with Gasteiger partial charge in [-0.2, -0.15) is 0 Å². The average Bonchev–Trinajstić information content (AvgIpc) is 3.23. The van der Waals surface area contributed by atoms with Gasteiger partial charge in [-0.25, -0.2) is 0 Å². The molecule has 0 spiro atoms. The summed E-state index contributed by atoms with van der Waals surface area (Å²) in [5.74, 6) is -0.242. The van der Waals surface area contributed by atoms with Crippen molar-refractivity contribution in [1.29, 1.82) is 0 Å². The van der Waals surface area contributed by atoms with Gasteiger partial charge < -0.3 is 15.0 Å². The minimum atomic E-state index is -0.208. The topological polar surface area (TPSA) is 84.4 Å². The van der Waals surface area contributed by atoms with Crippen molar-refractivity contribution >= 4 is 28.3 Å². The van der Waals surface area contributed by atoms with Crippen LogP contribution in [0.15, 0.2) is 60.7 Å². The highest BCUT2D eigenvalue weighted by molar-refractivity contribution is 7.18. The Labute approximate surface area is 179 Å². The lowest BCUT2D eigenvalue weighted by Crippen LogP contribution is -2.37. The molecule has 0 saturated heterocycles. The number of benzene rings is 2. The fourth-order valence-electron chi connectivity index (χ4n) is 2.83. The molecular weight excluding hydrogens is 400 g/mol. The Bertz CT molecular complexity index is 947. The van der Waals surface area contributed by atoms with Gasteiger partial charge in [0.05, 0.1) is 13.0 Å². The fourth-order valence-corrected chi connectivity index (χ4v) is 3.60. The first-order valence-corrected chi connectivity index (χ1v) is 10.5. The van der Waals surface area contributed by atoms with Gasteiger partial charge in [-0.05, 0) is 5.56 Å². The van der Waals surface area contributed by atoms with E-state index in [1.54, 1.807) is 12.0 Å². The summed E-state index contributed by atoms with van der Waals surface area (Å²) in [6, 6.07) is 19.2. The summed E-state index contributed by atoms with van der Waals surface area (Å²) in [6.45, 7) is 1.16. The molecule has 3 rings (SSSR count). The first kappa shape index (κ1) is 21.6.